The van der Waals surface area contributed by atoms with Gasteiger partial charge >= 0.3 is 5.97 Å². The van der Waals surface area contributed by atoms with Crippen LogP contribution in [0.3, 0.4) is 0 Å². The van der Waals surface area contributed by atoms with Crippen LogP contribution in [0.15, 0.2) is 29.2 Å². The molecular formula is C15H21BrO2S. The molecule has 0 N–H and O–H groups in total. The summed E-state index contributed by atoms with van der Waals surface area (Å²) in [5.74, 6) is -0.0923. The van der Waals surface area contributed by atoms with Gasteiger partial charge in [0.25, 0.3) is 0 Å². The number of halogens is 1. The summed E-state index contributed by atoms with van der Waals surface area (Å²) in [7, 11) is 0. The number of alkyl halides is 1. The van der Waals surface area contributed by atoms with Crippen molar-refractivity contribution < 1.29 is 9.53 Å². The van der Waals surface area contributed by atoms with Crippen LogP contribution in [0.5, 0.6) is 0 Å². The lowest BCUT2D eigenvalue weighted by Gasteiger charge is -2.16. The Kier molecular flexibility index (Phi) is 8.22. The maximum absolute atomic E-state index is 12.0. The topological polar surface area (TPSA) is 26.3 Å². The van der Waals surface area contributed by atoms with Crippen LogP contribution < -0.4 is 0 Å². The summed E-state index contributed by atoms with van der Waals surface area (Å²) in [5, 5.41) is 0.708. The van der Waals surface area contributed by atoms with E-state index in [1.165, 1.54) is 5.56 Å². The maximum atomic E-state index is 12.0. The second-order valence-corrected chi connectivity index (χ2v) is 6.05. The number of carbonyl (C=O) groups excluding carboxylic acids is 1. The maximum Gasteiger partial charge on any atom is 0.319 e. The Morgan fingerprint density at radius 2 is 2.11 bits per heavy atom. The van der Waals surface area contributed by atoms with Gasteiger partial charge < -0.3 is 4.74 Å². The van der Waals surface area contributed by atoms with E-state index in [-0.39, 0.29) is 11.2 Å². The molecule has 0 amide bonds. The second-order valence-electron chi connectivity index (χ2n) is 4.24. The molecule has 106 valence electrons. The Labute approximate surface area is 128 Å². The van der Waals surface area contributed by atoms with E-state index >= 15 is 0 Å². The van der Waals surface area contributed by atoms with Crippen LogP contribution in [0.25, 0.3) is 0 Å². The van der Waals surface area contributed by atoms with Crippen LogP contribution in [0.2, 0.25) is 0 Å². The lowest BCUT2D eigenvalue weighted by atomic mass is 10.2. The van der Waals surface area contributed by atoms with Gasteiger partial charge in [-0.05, 0) is 25.0 Å². The van der Waals surface area contributed by atoms with Crippen molar-refractivity contribution in [2.45, 2.75) is 48.6 Å². The van der Waals surface area contributed by atoms with E-state index in [4.69, 9.17) is 4.74 Å². The lowest BCUT2D eigenvalue weighted by molar-refractivity contribution is -0.142. The molecule has 1 unspecified atom stereocenters. The fraction of sp³-hybridized carbons (Fsp3) is 0.533. The first-order valence-electron chi connectivity index (χ1n) is 6.70. The molecule has 1 atom stereocenters. The molecule has 1 rings (SSSR count). The summed E-state index contributed by atoms with van der Waals surface area (Å²) in [5.41, 5.74) is 1.22. The van der Waals surface area contributed by atoms with Crippen molar-refractivity contribution in [1.82, 2.24) is 0 Å². The van der Waals surface area contributed by atoms with Crippen LogP contribution in [-0.4, -0.2) is 17.8 Å². The zero-order valence-corrected chi connectivity index (χ0v) is 13.9. The van der Waals surface area contributed by atoms with Gasteiger partial charge in [0.15, 0.2) is 0 Å². The van der Waals surface area contributed by atoms with Crippen molar-refractivity contribution >= 4 is 33.7 Å². The molecule has 1 aromatic carbocycles. The monoisotopic (exact) mass is 344 g/mol. The summed E-state index contributed by atoms with van der Waals surface area (Å²) >= 11 is 5.11. The van der Waals surface area contributed by atoms with Gasteiger partial charge in [-0.25, -0.2) is 0 Å². The summed E-state index contributed by atoms with van der Waals surface area (Å²) in [6.45, 7) is 4.44. The van der Waals surface area contributed by atoms with E-state index in [1.54, 1.807) is 11.8 Å². The van der Waals surface area contributed by atoms with Crippen LogP contribution >= 0.6 is 27.7 Å². The molecule has 4 heteroatoms. The largest absolute Gasteiger partial charge is 0.465 e. The third-order valence-corrected chi connectivity index (χ3v) is 4.72. The van der Waals surface area contributed by atoms with Gasteiger partial charge in [0, 0.05) is 10.2 Å². The molecule has 0 saturated carbocycles. The zero-order valence-electron chi connectivity index (χ0n) is 11.5. The standard InChI is InChI=1S/C15H21BrO2S/c1-3-5-9-14(15(17)18-4-2)19-13-10-7-6-8-12(13)11-16/h6-8,10,14H,3-5,9,11H2,1-2H3. The number of benzene rings is 1. The zero-order chi connectivity index (χ0) is 14.1. The van der Waals surface area contributed by atoms with Crippen LogP contribution in [-0.2, 0) is 14.9 Å². The van der Waals surface area contributed by atoms with Gasteiger partial charge in [-0.2, -0.15) is 0 Å². The van der Waals surface area contributed by atoms with E-state index in [1.807, 2.05) is 19.1 Å². The Morgan fingerprint density at radius 3 is 2.74 bits per heavy atom. The predicted octanol–water partition coefficient (Wildman–Crippen LogP) is 4.80. The Morgan fingerprint density at radius 1 is 1.37 bits per heavy atom. The van der Waals surface area contributed by atoms with E-state index < -0.39 is 0 Å². The highest BCUT2D eigenvalue weighted by Crippen LogP contribution is 2.31. The molecule has 0 spiro atoms. The van der Waals surface area contributed by atoms with Gasteiger partial charge in [0.2, 0.25) is 0 Å². The smallest absolute Gasteiger partial charge is 0.319 e. The van der Waals surface area contributed by atoms with Gasteiger partial charge in [0.05, 0.1) is 6.61 Å². The van der Waals surface area contributed by atoms with Crippen molar-refractivity contribution in [3.63, 3.8) is 0 Å². The number of hydrogen-bond donors (Lipinski definition) is 0. The van der Waals surface area contributed by atoms with Gasteiger partial charge in [-0.3, -0.25) is 4.79 Å². The molecule has 0 radical (unpaired) electrons. The number of unbranched alkanes of at least 4 members (excludes halogenated alkanes) is 1. The second kappa shape index (κ2) is 9.43. The molecule has 0 aliphatic carbocycles. The number of esters is 1. The predicted molar refractivity (Wildman–Crippen MR) is 84.9 cm³/mol. The molecule has 0 saturated heterocycles. The first-order chi connectivity index (χ1) is 9.22. The number of carbonyl (C=O) groups is 1. The van der Waals surface area contributed by atoms with Gasteiger partial charge in [-0.1, -0.05) is 53.9 Å². The molecule has 0 heterocycles. The third kappa shape index (κ3) is 5.57. The molecule has 1 aromatic rings. The minimum atomic E-state index is -0.0971. The van der Waals surface area contributed by atoms with Gasteiger partial charge in [-0.15, -0.1) is 11.8 Å². The van der Waals surface area contributed by atoms with Crippen LogP contribution in [0.4, 0.5) is 0 Å². The quantitative estimate of drug-likeness (QED) is 0.385. The SMILES string of the molecule is CCCCC(Sc1ccccc1CBr)C(=O)OCC. The van der Waals surface area contributed by atoms with E-state index in [0.29, 0.717) is 6.61 Å². The number of ether oxygens (including phenoxy) is 1. The normalized spacial score (nSPS) is 12.2. The van der Waals surface area contributed by atoms with Crippen molar-refractivity contribution in [3.05, 3.63) is 29.8 Å². The summed E-state index contributed by atoms with van der Waals surface area (Å²) in [6, 6.07) is 8.18. The van der Waals surface area contributed by atoms with Gasteiger partial charge in [0.1, 0.15) is 5.25 Å². The fourth-order valence-corrected chi connectivity index (χ4v) is 3.61. The molecule has 19 heavy (non-hydrogen) atoms. The number of hydrogen-bond acceptors (Lipinski definition) is 3. The number of thioether (sulfide) groups is 1. The first-order valence-corrected chi connectivity index (χ1v) is 8.70. The van der Waals surface area contributed by atoms with E-state index in [2.05, 4.69) is 35.0 Å². The molecule has 0 aliphatic heterocycles. The highest BCUT2D eigenvalue weighted by atomic mass is 79.9. The third-order valence-electron chi connectivity index (χ3n) is 2.76. The molecule has 0 bridgehead atoms. The Balaban J connectivity index is 2.77. The Bertz CT molecular complexity index is 395. The minimum Gasteiger partial charge on any atom is -0.465 e. The van der Waals surface area contributed by atoms with Crippen molar-refractivity contribution in [3.8, 4) is 0 Å². The first kappa shape index (κ1) is 16.6. The molecule has 0 aromatic heterocycles. The fourth-order valence-electron chi connectivity index (χ4n) is 1.73. The average molecular weight is 345 g/mol. The van der Waals surface area contributed by atoms with E-state index in [0.717, 1.165) is 29.5 Å². The van der Waals surface area contributed by atoms with Crippen molar-refractivity contribution in [1.29, 1.82) is 0 Å². The minimum absolute atomic E-state index is 0.0923. The summed E-state index contributed by atoms with van der Waals surface area (Å²) in [4.78, 5) is 13.2. The van der Waals surface area contributed by atoms with Crippen molar-refractivity contribution in [2.75, 3.05) is 6.61 Å². The average Bonchev–Trinajstić information content (AvgIpc) is 2.44. The number of rotatable bonds is 8. The molecule has 0 aliphatic rings. The summed E-state index contributed by atoms with van der Waals surface area (Å²) in [6.07, 6.45) is 3.01. The van der Waals surface area contributed by atoms with Crippen molar-refractivity contribution in [2.24, 2.45) is 0 Å². The van der Waals surface area contributed by atoms with E-state index in [9.17, 15) is 4.79 Å². The molecule has 0 fully saturated rings. The molecular weight excluding hydrogens is 324 g/mol. The molecule has 2 nitrogen and oxygen atoms in total. The van der Waals surface area contributed by atoms with Crippen LogP contribution in [0.1, 0.15) is 38.7 Å². The highest BCUT2D eigenvalue weighted by molar-refractivity contribution is 9.08. The highest BCUT2D eigenvalue weighted by Gasteiger charge is 2.21. The summed E-state index contributed by atoms with van der Waals surface area (Å²) < 4.78 is 5.18. The lowest BCUT2D eigenvalue weighted by Crippen LogP contribution is -2.20. The Hall–Kier alpha value is -0.480. The van der Waals surface area contributed by atoms with Crippen LogP contribution in [0, 0.1) is 0 Å².